The molecule has 1 heterocycles. The number of nitrogens with one attached hydrogen (secondary N) is 1. The Bertz CT molecular complexity index is 760. The summed E-state index contributed by atoms with van der Waals surface area (Å²) in [7, 11) is -1.94. The van der Waals surface area contributed by atoms with Gasteiger partial charge in [0.05, 0.1) is 10.6 Å². The predicted octanol–water partition coefficient (Wildman–Crippen LogP) is 2.31. The van der Waals surface area contributed by atoms with Gasteiger partial charge in [-0.2, -0.15) is 4.31 Å². The highest BCUT2D eigenvalue weighted by atomic mass is 32.2. The van der Waals surface area contributed by atoms with Crippen molar-refractivity contribution < 1.29 is 13.2 Å². The fraction of sp³-hybridized carbons (Fsp3) is 0.250. The number of ether oxygens (including phenoxy) is 1. The van der Waals surface area contributed by atoms with Crippen molar-refractivity contribution in [2.75, 3.05) is 25.5 Å². The maximum atomic E-state index is 12.7. The molecule has 0 aromatic heterocycles. The average Bonchev–Trinajstić information content (AvgIpc) is 2.55. The van der Waals surface area contributed by atoms with Crippen LogP contribution in [0.3, 0.4) is 0 Å². The molecule has 0 spiro atoms. The number of sulfonamides is 1. The quantitative estimate of drug-likeness (QED) is 0.940. The molecule has 1 N–H and O–H groups in total. The molecule has 0 fully saturated rings. The molecule has 0 saturated carbocycles. The SMILES string of the molecule is CN(Cc1ccccc1)S(=O)(=O)c1ccc2c(c1)NCCO2. The molecule has 2 aromatic carbocycles. The molecule has 5 nitrogen and oxygen atoms in total. The highest BCUT2D eigenvalue weighted by Crippen LogP contribution is 2.30. The fourth-order valence-corrected chi connectivity index (χ4v) is 3.57. The van der Waals surface area contributed by atoms with E-state index < -0.39 is 10.0 Å². The van der Waals surface area contributed by atoms with Crippen LogP contribution >= 0.6 is 0 Å². The molecule has 0 saturated heterocycles. The first-order valence-electron chi connectivity index (χ1n) is 7.08. The molecule has 0 atom stereocenters. The van der Waals surface area contributed by atoms with E-state index in [4.69, 9.17) is 4.74 Å². The molecule has 22 heavy (non-hydrogen) atoms. The topological polar surface area (TPSA) is 58.6 Å². The molecular weight excluding hydrogens is 300 g/mol. The molecule has 6 heteroatoms. The lowest BCUT2D eigenvalue weighted by Crippen LogP contribution is -2.27. The second kappa shape index (κ2) is 5.98. The van der Waals surface area contributed by atoms with Gasteiger partial charge >= 0.3 is 0 Å². The number of rotatable bonds is 4. The summed E-state index contributed by atoms with van der Waals surface area (Å²) in [5.41, 5.74) is 1.67. The van der Waals surface area contributed by atoms with Crippen LogP contribution in [0.4, 0.5) is 5.69 Å². The summed E-state index contributed by atoms with van der Waals surface area (Å²) in [4.78, 5) is 0.266. The smallest absolute Gasteiger partial charge is 0.243 e. The van der Waals surface area contributed by atoms with Gasteiger partial charge in [0.2, 0.25) is 10.0 Å². The minimum atomic E-state index is -3.53. The van der Waals surface area contributed by atoms with Gasteiger partial charge in [-0.05, 0) is 23.8 Å². The molecule has 0 radical (unpaired) electrons. The van der Waals surface area contributed by atoms with Gasteiger partial charge in [0.1, 0.15) is 12.4 Å². The van der Waals surface area contributed by atoms with E-state index in [1.807, 2.05) is 30.3 Å². The highest BCUT2D eigenvalue weighted by molar-refractivity contribution is 7.89. The number of benzene rings is 2. The van der Waals surface area contributed by atoms with E-state index in [1.54, 1.807) is 25.2 Å². The molecule has 1 aliphatic rings. The van der Waals surface area contributed by atoms with E-state index >= 15 is 0 Å². The lowest BCUT2D eigenvalue weighted by molar-refractivity contribution is 0.323. The molecule has 0 unspecified atom stereocenters. The summed E-state index contributed by atoms with van der Waals surface area (Å²) >= 11 is 0. The van der Waals surface area contributed by atoms with Crippen molar-refractivity contribution in [1.82, 2.24) is 4.31 Å². The van der Waals surface area contributed by atoms with Crippen molar-refractivity contribution in [3.05, 3.63) is 54.1 Å². The second-order valence-electron chi connectivity index (χ2n) is 5.18. The van der Waals surface area contributed by atoms with Gasteiger partial charge in [-0.3, -0.25) is 0 Å². The van der Waals surface area contributed by atoms with E-state index in [0.717, 1.165) is 11.3 Å². The maximum absolute atomic E-state index is 12.7. The Hall–Kier alpha value is -2.05. The number of fused-ring (bicyclic) bond motifs is 1. The van der Waals surface area contributed by atoms with Gasteiger partial charge in [-0.15, -0.1) is 0 Å². The Labute approximate surface area is 130 Å². The van der Waals surface area contributed by atoms with E-state index in [-0.39, 0.29) is 4.90 Å². The molecule has 2 aromatic rings. The van der Waals surface area contributed by atoms with Crippen LogP contribution in [0, 0.1) is 0 Å². The zero-order valence-electron chi connectivity index (χ0n) is 12.3. The summed E-state index contributed by atoms with van der Waals surface area (Å²) in [6, 6.07) is 14.4. The van der Waals surface area contributed by atoms with E-state index in [0.29, 0.717) is 25.4 Å². The summed E-state index contributed by atoms with van der Waals surface area (Å²) in [5.74, 6) is 0.691. The average molecular weight is 318 g/mol. The summed E-state index contributed by atoms with van der Waals surface area (Å²) in [6.45, 7) is 1.60. The summed E-state index contributed by atoms with van der Waals surface area (Å²) in [6.07, 6.45) is 0. The van der Waals surface area contributed by atoms with E-state index in [1.165, 1.54) is 4.31 Å². The normalized spacial score (nSPS) is 14.1. The van der Waals surface area contributed by atoms with Crippen molar-refractivity contribution >= 4 is 15.7 Å². The summed E-state index contributed by atoms with van der Waals surface area (Å²) < 4.78 is 32.2. The van der Waals surface area contributed by atoms with Gasteiger partial charge in [-0.1, -0.05) is 30.3 Å². The van der Waals surface area contributed by atoms with Gasteiger partial charge in [-0.25, -0.2) is 8.42 Å². The zero-order valence-corrected chi connectivity index (χ0v) is 13.1. The third-order valence-electron chi connectivity index (χ3n) is 3.58. The third kappa shape index (κ3) is 2.93. The van der Waals surface area contributed by atoms with Crippen LogP contribution in [0.5, 0.6) is 5.75 Å². The number of anilines is 1. The largest absolute Gasteiger partial charge is 0.490 e. The Morgan fingerprint density at radius 2 is 1.95 bits per heavy atom. The highest BCUT2D eigenvalue weighted by Gasteiger charge is 2.23. The molecule has 0 aliphatic carbocycles. The van der Waals surface area contributed by atoms with Gasteiger partial charge in [0.15, 0.2) is 0 Å². The standard InChI is InChI=1S/C16H18N2O3S/c1-18(12-13-5-3-2-4-6-13)22(19,20)14-7-8-16-15(11-14)17-9-10-21-16/h2-8,11,17H,9-10,12H2,1H3. The van der Waals surface area contributed by atoms with Crippen LogP contribution in [0.1, 0.15) is 5.56 Å². The van der Waals surface area contributed by atoms with E-state index in [2.05, 4.69) is 5.32 Å². The first kappa shape index (κ1) is 14.9. The minimum Gasteiger partial charge on any atom is -0.490 e. The molecule has 116 valence electrons. The van der Waals surface area contributed by atoms with Crippen LogP contribution in [0.25, 0.3) is 0 Å². The van der Waals surface area contributed by atoms with E-state index in [9.17, 15) is 8.42 Å². The first-order valence-corrected chi connectivity index (χ1v) is 8.52. The van der Waals surface area contributed by atoms with Gasteiger partial charge in [0, 0.05) is 20.1 Å². The summed E-state index contributed by atoms with van der Waals surface area (Å²) in [5, 5.41) is 3.16. The van der Waals surface area contributed by atoms with Crippen molar-refractivity contribution in [3.63, 3.8) is 0 Å². The van der Waals surface area contributed by atoms with Crippen molar-refractivity contribution in [2.45, 2.75) is 11.4 Å². The molecule has 0 bridgehead atoms. The molecule has 0 amide bonds. The Balaban J connectivity index is 1.86. The first-order chi connectivity index (χ1) is 10.6. The van der Waals surface area contributed by atoms with Crippen LogP contribution in [0.2, 0.25) is 0 Å². The lowest BCUT2D eigenvalue weighted by atomic mass is 10.2. The monoisotopic (exact) mass is 318 g/mol. The van der Waals surface area contributed by atoms with Crippen LogP contribution < -0.4 is 10.1 Å². The third-order valence-corrected chi connectivity index (χ3v) is 5.38. The Morgan fingerprint density at radius 1 is 1.18 bits per heavy atom. The van der Waals surface area contributed by atoms with Crippen LogP contribution in [-0.2, 0) is 16.6 Å². The van der Waals surface area contributed by atoms with Gasteiger partial charge in [0.25, 0.3) is 0 Å². The Morgan fingerprint density at radius 3 is 2.73 bits per heavy atom. The van der Waals surface area contributed by atoms with Gasteiger partial charge < -0.3 is 10.1 Å². The zero-order chi connectivity index (χ0) is 15.6. The number of nitrogens with zero attached hydrogens (tertiary/aromatic N) is 1. The second-order valence-corrected chi connectivity index (χ2v) is 7.22. The Kier molecular flexibility index (Phi) is 4.04. The van der Waals surface area contributed by atoms with Crippen molar-refractivity contribution in [2.24, 2.45) is 0 Å². The number of hydrogen-bond donors (Lipinski definition) is 1. The molecule has 3 rings (SSSR count). The maximum Gasteiger partial charge on any atom is 0.243 e. The predicted molar refractivity (Wildman–Crippen MR) is 85.5 cm³/mol. The fourth-order valence-electron chi connectivity index (χ4n) is 2.39. The number of hydrogen-bond acceptors (Lipinski definition) is 4. The minimum absolute atomic E-state index is 0.266. The molecule has 1 aliphatic heterocycles. The van der Waals surface area contributed by atoms with Crippen molar-refractivity contribution in [1.29, 1.82) is 0 Å². The van der Waals surface area contributed by atoms with Crippen LogP contribution in [0.15, 0.2) is 53.4 Å². The van der Waals surface area contributed by atoms with Crippen LogP contribution in [-0.4, -0.2) is 32.9 Å². The lowest BCUT2D eigenvalue weighted by Gasteiger charge is -2.21. The van der Waals surface area contributed by atoms with Crippen molar-refractivity contribution in [3.8, 4) is 5.75 Å². The molecular formula is C16H18N2O3S.